The van der Waals surface area contributed by atoms with E-state index in [-0.39, 0.29) is 0 Å². The van der Waals surface area contributed by atoms with Crippen LogP contribution in [0.1, 0.15) is 27.2 Å². The molecule has 0 saturated heterocycles. The quantitative estimate of drug-likeness (QED) is 0.559. The summed E-state index contributed by atoms with van der Waals surface area (Å²) in [7, 11) is -1.48. The third-order valence-electron chi connectivity index (χ3n) is 2.81. The lowest BCUT2D eigenvalue weighted by Gasteiger charge is -2.25. The molecule has 0 amide bonds. The molecule has 0 aromatic rings. The zero-order chi connectivity index (χ0) is 10.6. The van der Waals surface area contributed by atoms with Crippen molar-refractivity contribution in [2.24, 2.45) is 0 Å². The van der Waals surface area contributed by atoms with Crippen LogP contribution < -0.4 is 0 Å². The highest BCUT2D eigenvalue weighted by Gasteiger charge is 2.25. The molecule has 0 radical (unpaired) electrons. The van der Waals surface area contributed by atoms with Gasteiger partial charge in [0, 0.05) is 5.57 Å². The van der Waals surface area contributed by atoms with Crippen LogP contribution in [-0.4, -0.2) is 19.1 Å². The maximum atomic E-state index is 10.6. The van der Waals surface area contributed by atoms with Gasteiger partial charge in [0.1, 0.15) is 0 Å². The Morgan fingerprint density at radius 2 is 2.00 bits per heavy atom. The van der Waals surface area contributed by atoms with Crippen molar-refractivity contribution in [3.63, 3.8) is 0 Å². The lowest BCUT2D eigenvalue weighted by atomic mass is 10.4. The first-order valence-electron chi connectivity index (χ1n) is 4.74. The van der Waals surface area contributed by atoms with Gasteiger partial charge in [0.2, 0.25) is 0 Å². The zero-order valence-electron chi connectivity index (χ0n) is 9.22. The van der Waals surface area contributed by atoms with E-state index in [1.54, 1.807) is 6.92 Å². The number of aliphatic carboxylic acids is 1. The van der Waals surface area contributed by atoms with Crippen molar-refractivity contribution in [3.05, 3.63) is 11.3 Å². The van der Waals surface area contributed by atoms with E-state index in [0.717, 1.165) is 6.42 Å². The molecule has 0 saturated carbocycles. The molecule has 0 heterocycles. The Morgan fingerprint density at radius 3 is 2.31 bits per heavy atom. The van der Waals surface area contributed by atoms with Crippen molar-refractivity contribution in [2.45, 2.75) is 45.8 Å². The minimum Gasteiger partial charge on any atom is -0.478 e. The van der Waals surface area contributed by atoms with Crippen LogP contribution in [-0.2, 0) is 4.79 Å². The molecule has 1 unspecified atom stereocenters. The van der Waals surface area contributed by atoms with E-state index in [4.69, 9.17) is 5.11 Å². The van der Waals surface area contributed by atoms with Crippen LogP contribution in [0.15, 0.2) is 11.3 Å². The maximum absolute atomic E-state index is 10.6. The molecule has 0 bridgehead atoms. The number of carbonyl (C=O) groups is 1. The molecule has 76 valence electrons. The minimum absolute atomic E-state index is 0.497. The molecule has 0 fully saturated rings. The van der Waals surface area contributed by atoms with Gasteiger partial charge < -0.3 is 5.11 Å². The molecule has 2 nitrogen and oxygen atoms in total. The van der Waals surface area contributed by atoms with Crippen LogP contribution in [0.5, 0.6) is 0 Å². The van der Waals surface area contributed by atoms with E-state index in [2.05, 4.69) is 26.9 Å². The number of hydrogen-bond acceptors (Lipinski definition) is 1. The zero-order valence-corrected chi connectivity index (χ0v) is 10.2. The number of carboxylic acids is 1. The van der Waals surface area contributed by atoms with Gasteiger partial charge in [-0.25, -0.2) is 4.79 Å². The van der Waals surface area contributed by atoms with Gasteiger partial charge in [-0.2, -0.15) is 0 Å². The Hall–Kier alpha value is -0.573. The molecular formula is C10H20O2Si. The molecule has 1 N–H and O–H groups in total. The summed E-state index contributed by atoms with van der Waals surface area (Å²) in [6.07, 6.45) is 1.13. The van der Waals surface area contributed by atoms with Gasteiger partial charge in [0.05, 0.1) is 8.07 Å². The third kappa shape index (κ3) is 3.76. The lowest BCUT2D eigenvalue weighted by molar-refractivity contribution is -0.132. The normalized spacial score (nSPS) is 15.6. The lowest BCUT2D eigenvalue weighted by Crippen LogP contribution is -2.29. The Morgan fingerprint density at radius 1 is 1.54 bits per heavy atom. The molecule has 0 aliphatic rings. The van der Waals surface area contributed by atoms with Crippen molar-refractivity contribution in [1.29, 1.82) is 0 Å². The Balaban J connectivity index is 4.66. The fraction of sp³-hybridized carbons (Fsp3) is 0.700. The fourth-order valence-electron chi connectivity index (χ4n) is 1.29. The molecule has 0 rings (SSSR count). The SMILES string of the molecule is CCC(C)[Si](C)(C)C=C(C)C(=O)O. The average molecular weight is 200 g/mol. The predicted molar refractivity (Wildman–Crippen MR) is 58.6 cm³/mol. The summed E-state index contributed by atoms with van der Waals surface area (Å²) in [5.74, 6) is -0.788. The molecule has 0 aromatic heterocycles. The van der Waals surface area contributed by atoms with Crippen LogP contribution in [0.25, 0.3) is 0 Å². The summed E-state index contributed by atoms with van der Waals surface area (Å²) >= 11 is 0. The van der Waals surface area contributed by atoms with Crippen LogP contribution in [0, 0.1) is 0 Å². The highest BCUT2D eigenvalue weighted by Crippen LogP contribution is 2.26. The minimum atomic E-state index is -1.48. The van der Waals surface area contributed by atoms with Crippen LogP contribution in [0.2, 0.25) is 18.6 Å². The largest absolute Gasteiger partial charge is 0.478 e. The summed E-state index contributed by atoms with van der Waals surface area (Å²) in [6, 6.07) is 0. The van der Waals surface area contributed by atoms with Crippen molar-refractivity contribution in [2.75, 3.05) is 0 Å². The first-order valence-corrected chi connectivity index (χ1v) is 7.89. The van der Waals surface area contributed by atoms with Crippen molar-refractivity contribution < 1.29 is 9.90 Å². The van der Waals surface area contributed by atoms with E-state index in [0.29, 0.717) is 11.1 Å². The van der Waals surface area contributed by atoms with Gasteiger partial charge >= 0.3 is 5.97 Å². The van der Waals surface area contributed by atoms with E-state index in [1.165, 1.54) is 0 Å². The average Bonchev–Trinajstić information content (AvgIpc) is 2.01. The van der Waals surface area contributed by atoms with Crippen LogP contribution in [0.4, 0.5) is 0 Å². The summed E-state index contributed by atoms with van der Waals surface area (Å²) in [4.78, 5) is 10.6. The Labute approximate surface area is 81.7 Å². The summed E-state index contributed by atoms with van der Waals surface area (Å²) < 4.78 is 0. The number of carboxylic acid groups (broad SMARTS) is 1. The molecule has 13 heavy (non-hydrogen) atoms. The summed E-state index contributed by atoms with van der Waals surface area (Å²) in [5.41, 5.74) is 3.13. The first kappa shape index (κ1) is 12.4. The summed E-state index contributed by atoms with van der Waals surface area (Å²) in [6.45, 7) is 10.5. The molecule has 3 heteroatoms. The second-order valence-corrected chi connectivity index (χ2v) is 9.18. The second kappa shape index (κ2) is 4.60. The van der Waals surface area contributed by atoms with Gasteiger partial charge in [-0.15, -0.1) is 0 Å². The smallest absolute Gasteiger partial charge is 0.330 e. The van der Waals surface area contributed by atoms with Gasteiger partial charge in [0.15, 0.2) is 0 Å². The van der Waals surface area contributed by atoms with Crippen LogP contribution >= 0.6 is 0 Å². The highest BCUT2D eigenvalue weighted by atomic mass is 28.3. The molecule has 0 aliphatic heterocycles. The van der Waals surface area contributed by atoms with Crippen molar-refractivity contribution in [1.82, 2.24) is 0 Å². The fourth-order valence-corrected chi connectivity index (χ4v) is 3.86. The van der Waals surface area contributed by atoms with Crippen LogP contribution in [0.3, 0.4) is 0 Å². The second-order valence-electron chi connectivity index (χ2n) is 4.26. The molecule has 0 aromatic carbocycles. The first-order chi connectivity index (χ1) is 5.81. The van der Waals surface area contributed by atoms with E-state index < -0.39 is 14.0 Å². The molecule has 1 atom stereocenters. The number of hydrogen-bond donors (Lipinski definition) is 1. The van der Waals surface area contributed by atoms with E-state index in [9.17, 15) is 4.79 Å². The van der Waals surface area contributed by atoms with E-state index >= 15 is 0 Å². The Kier molecular flexibility index (Phi) is 4.40. The van der Waals surface area contributed by atoms with Gasteiger partial charge in [-0.1, -0.05) is 39.1 Å². The molecular weight excluding hydrogens is 180 g/mol. The maximum Gasteiger partial charge on any atom is 0.330 e. The van der Waals surface area contributed by atoms with Gasteiger partial charge in [0.25, 0.3) is 0 Å². The van der Waals surface area contributed by atoms with Crippen molar-refractivity contribution in [3.8, 4) is 0 Å². The topological polar surface area (TPSA) is 37.3 Å². The van der Waals surface area contributed by atoms with Crippen molar-refractivity contribution >= 4 is 14.0 Å². The molecule has 0 spiro atoms. The van der Waals surface area contributed by atoms with Gasteiger partial charge in [-0.3, -0.25) is 0 Å². The molecule has 0 aliphatic carbocycles. The third-order valence-corrected chi connectivity index (χ3v) is 6.93. The monoisotopic (exact) mass is 200 g/mol. The number of rotatable bonds is 4. The Bertz CT molecular complexity index is 219. The highest BCUT2D eigenvalue weighted by molar-refractivity contribution is 6.83. The van der Waals surface area contributed by atoms with E-state index in [1.807, 2.05) is 5.70 Å². The summed E-state index contributed by atoms with van der Waals surface area (Å²) in [5, 5.41) is 8.75. The standard InChI is InChI=1S/C10H20O2Si/c1-6-9(3)13(4,5)7-8(2)10(11)12/h7,9H,6H2,1-5H3,(H,11,12). The van der Waals surface area contributed by atoms with Gasteiger partial charge in [-0.05, 0) is 12.5 Å². The predicted octanol–water partition coefficient (Wildman–Crippen LogP) is 3.07.